The van der Waals surface area contributed by atoms with Gasteiger partial charge in [0.05, 0.1) is 52.4 Å². The molecule has 2 N–H and O–H groups in total. The zero-order valence-electron chi connectivity index (χ0n) is 24.4. The van der Waals surface area contributed by atoms with Crippen molar-refractivity contribution in [3.05, 3.63) is 0 Å². The predicted octanol–water partition coefficient (Wildman–Crippen LogP) is 8.16. The Balaban J connectivity index is 0. The molecule has 0 bridgehead atoms. The highest BCUT2D eigenvalue weighted by atomic mass is 16.0. The average Bonchev–Trinajstić information content (AvgIpc) is 2.82. The van der Waals surface area contributed by atoms with Crippen LogP contribution < -0.4 is 0 Å². The van der Waals surface area contributed by atoms with Gasteiger partial charge in [0.1, 0.15) is 0 Å². The van der Waals surface area contributed by atoms with Gasteiger partial charge in [0, 0.05) is 0 Å². The normalized spacial score (nSPS) is 12.2. The Morgan fingerprint density at radius 2 is 0.455 bits per heavy atom. The standard InChI is InChI=1S/C30H66N2.H2O/c1-7-13-23-31(24-14-8-2,25-15-9-3)29-21-19-20-22-30-32(26-16-10-4,27-17-11-5)28-18-12-6;/h7-30H2,1-6H3;1H2/q+2;. The summed E-state index contributed by atoms with van der Waals surface area (Å²) in [6, 6.07) is 0. The van der Waals surface area contributed by atoms with Crippen LogP contribution >= 0.6 is 0 Å². The van der Waals surface area contributed by atoms with Gasteiger partial charge >= 0.3 is 0 Å². The molecule has 0 atom stereocenters. The Hall–Kier alpha value is -0.120. The second-order valence-electron chi connectivity index (χ2n) is 11.0. The molecule has 0 heterocycles. The summed E-state index contributed by atoms with van der Waals surface area (Å²) in [6.07, 6.45) is 22.4. The lowest BCUT2D eigenvalue weighted by molar-refractivity contribution is -0.929. The van der Waals surface area contributed by atoms with Crippen LogP contribution in [0.2, 0.25) is 0 Å². The van der Waals surface area contributed by atoms with E-state index in [0.717, 1.165) is 0 Å². The second-order valence-corrected chi connectivity index (χ2v) is 11.0. The molecule has 0 rings (SSSR count). The van der Waals surface area contributed by atoms with Gasteiger partial charge in [-0.1, -0.05) is 80.1 Å². The third kappa shape index (κ3) is 17.0. The molecular weight excluding hydrogens is 404 g/mol. The first kappa shape index (κ1) is 35.0. The Bertz CT molecular complexity index is 306. The van der Waals surface area contributed by atoms with Crippen LogP contribution in [-0.4, -0.2) is 66.8 Å². The molecule has 3 nitrogen and oxygen atoms in total. The fourth-order valence-corrected chi connectivity index (χ4v) is 5.55. The summed E-state index contributed by atoms with van der Waals surface area (Å²) in [4.78, 5) is 0. The first-order valence-electron chi connectivity index (χ1n) is 15.3. The highest BCUT2D eigenvalue weighted by molar-refractivity contribution is 4.53. The van der Waals surface area contributed by atoms with E-state index in [1.807, 2.05) is 0 Å². The molecule has 0 saturated carbocycles. The molecule has 0 amide bonds. The summed E-state index contributed by atoms with van der Waals surface area (Å²) in [5, 5.41) is 0. The molecular formula is C30H68N2O+2. The molecule has 0 aromatic rings. The zero-order valence-corrected chi connectivity index (χ0v) is 24.4. The number of unbranched alkanes of at least 4 members (excludes halogenated alkanes) is 9. The molecule has 0 radical (unpaired) electrons. The summed E-state index contributed by atoms with van der Waals surface area (Å²) >= 11 is 0. The van der Waals surface area contributed by atoms with Crippen molar-refractivity contribution >= 4 is 0 Å². The molecule has 0 spiro atoms. The maximum absolute atomic E-state index is 2.37. The summed E-state index contributed by atoms with van der Waals surface area (Å²) in [7, 11) is 0. The smallest absolute Gasteiger partial charge is 0.0786 e. The van der Waals surface area contributed by atoms with E-state index in [9.17, 15) is 0 Å². The largest absolute Gasteiger partial charge is 0.412 e. The monoisotopic (exact) mass is 473 g/mol. The van der Waals surface area contributed by atoms with Crippen molar-refractivity contribution in [1.82, 2.24) is 0 Å². The summed E-state index contributed by atoms with van der Waals surface area (Å²) in [5.74, 6) is 0. The van der Waals surface area contributed by atoms with E-state index in [1.54, 1.807) is 0 Å². The van der Waals surface area contributed by atoms with Crippen LogP contribution in [0.4, 0.5) is 0 Å². The minimum Gasteiger partial charge on any atom is -0.412 e. The topological polar surface area (TPSA) is 31.5 Å². The van der Waals surface area contributed by atoms with Crippen LogP contribution in [-0.2, 0) is 0 Å². The molecule has 0 aromatic carbocycles. The van der Waals surface area contributed by atoms with E-state index < -0.39 is 0 Å². The van der Waals surface area contributed by atoms with Crippen molar-refractivity contribution in [1.29, 1.82) is 0 Å². The molecule has 202 valence electrons. The Morgan fingerprint density at radius 1 is 0.273 bits per heavy atom. The van der Waals surface area contributed by atoms with Gasteiger partial charge in [0.25, 0.3) is 0 Å². The first-order valence-corrected chi connectivity index (χ1v) is 15.3. The lowest BCUT2D eigenvalue weighted by Crippen LogP contribution is -2.51. The molecule has 0 aliphatic rings. The number of hydrogen-bond acceptors (Lipinski definition) is 0. The van der Waals surface area contributed by atoms with Crippen LogP contribution in [0.5, 0.6) is 0 Å². The van der Waals surface area contributed by atoms with E-state index in [0.29, 0.717) is 0 Å². The SMILES string of the molecule is CCCC[N+](CCCC)(CCCC)CCCCCC[N+](CCCC)(CCCC)CCCC.O. The van der Waals surface area contributed by atoms with Gasteiger partial charge in [-0.25, -0.2) is 0 Å². The van der Waals surface area contributed by atoms with Gasteiger partial charge in [-0.3, -0.25) is 0 Å². The van der Waals surface area contributed by atoms with E-state index in [-0.39, 0.29) is 5.48 Å². The Labute approximate surface area is 211 Å². The Morgan fingerprint density at radius 3 is 0.636 bits per heavy atom. The van der Waals surface area contributed by atoms with Gasteiger partial charge in [-0.15, -0.1) is 0 Å². The van der Waals surface area contributed by atoms with E-state index in [4.69, 9.17) is 0 Å². The van der Waals surface area contributed by atoms with Crippen molar-refractivity contribution in [3.8, 4) is 0 Å². The minimum absolute atomic E-state index is 0. The summed E-state index contributed by atoms with van der Waals surface area (Å²) < 4.78 is 2.86. The molecule has 3 heteroatoms. The lowest BCUT2D eigenvalue weighted by Gasteiger charge is -2.40. The zero-order chi connectivity index (χ0) is 24.0. The quantitative estimate of drug-likeness (QED) is 0.0948. The molecule has 0 aliphatic carbocycles. The predicted molar refractivity (Wildman–Crippen MR) is 151 cm³/mol. The van der Waals surface area contributed by atoms with Crippen LogP contribution in [0.1, 0.15) is 144 Å². The fraction of sp³-hybridized carbons (Fsp3) is 1.00. The lowest BCUT2D eigenvalue weighted by atomic mass is 10.1. The van der Waals surface area contributed by atoms with Crippen LogP contribution in [0.15, 0.2) is 0 Å². The van der Waals surface area contributed by atoms with Gasteiger partial charge in [-0.2, -0.15) is 0 Å². The van der Waals surface area contributed by atoms with E-state index in [1.165, 1.54) is 164 Å². The molecule has 0 saturated heterocycles. The third-order valence-electron chi connectivity index (χ3n) is 7.93. The van der Waals surface area contributed by atoms with Crippen molar-refractivity contribution in [2.75, 3.05) is 52.4 Å². The van der Waals surface area contributed by atoms with Crippen molar-refractivity contribution in [2.45, 2.75) is 144 Å². The third-order valence-corrected chi connectivity index (χ3v) is 7.93. The molecule has 0 aromatic heterocycles. The number of hydrogen-bond donors (Lipinski definition) is 0. The maximum atomic E-state index is 2.37. The minimum atomic E-state index is 0. The molecule has 0 fully saturated rings. The maximum Gasteiger partial charge on any atom is 0.0786 e. The fourth-order valence-electron chi connectivity index (χ4n) is 5.55. The highest BCUT2D eigenvalue weighted by Crippen LogP contribution is 2.20. The Kier molecular flexibility index (Phi) is 25.1. The molecule has 0 unspecified atom stereocenters. The van der Waals surface area contributed by atoms with E-state index in [2.05, 4.69) is 41.5 Å². The number of quaternary nitrogens is 2. The van der Waals surface area contributed by atoms with Gasteiger partial charge in [-0.05, 0) is 64.2 Å². The van der Waals surface area contributed by atoms with Gasteiger partial charge in [0.2, 0.25) is 0 Å². The van der Waals surface area contributed by atoms with Crippen LogP contribution in [0.3, 0.4) is 0 Å². The van der Waals surface area contributed by atoms with Crippen molar-refractivity contribution < 1.29 is 14.4 Å². The summed E-state index contributed by atoms with van der Waals surface area (Å²) in [6.45, 7) is 25.7. The van der Waals surface area contributed by atoms with E-state index >= 15 is 0 Å². The second kappa shape index (κ2) is 23.6. The number of rotatable bonds is 25. The van der Waals surface area contributed by atoms with Gasteiger partial charge in [0.15, 0.2) is 0 Å². The first-order chi connectivity index (χ1) is 15.6. The van der Waals surface area contributed by atoms with Gasteiger partial charge < -0.3 is 14.4 Å². The highest BCUT2D eigenvalue weighted by Gasteiger charge is 2.26. The summed E-state index contributed by atoms with van der Waals surface area (Å²) in [5.41, 5.74) is 0. The molecule has 0 aliphatic heterocycles. The molecule has 33 heavy (non-hydrogen) atoms. The van der Waals surface area contributed by atoms with Crippen LogP contribution in [0, 0.1) is 0 Å². The average molecular weight is 473 g/mol. The van der Waals surface area contributed by atoms with Crippen molar-refractivity contribution in [3.63, 3.8) is 0 Å². The number of nitrogens with zero attached hydrogens (tertiary/aromatic N) is 2. The van der Waals surface area contributed by atoms with Crippen LogP contribution in [0.25, 0.3) is 0 Å². The van der Waals surface area contributed by atoms with Crippen molar-refractivity contribution in [2.24, 2.45) is 0 Å².